The SMILES string of the molecule is CCCC1NC(=O)CN(c2cc(C)cc(C)c2)C1=O. The van der Waals surface area contributed by atoms with E-state index in [1.807, 2.05) is 32.9 Å². The van der Waals surface area contributed by atoms with Crippen LogP contribution in [0.15, 0.2) is 18.2 Å². The highest BCUT2D eigenvalue weighted by Gasteiger charge is 2.32. The highest BCUT2D eigenvalue weighted by molar-refractivity contribution is 6.06. The zero-order valence-electron chi connectivity index (χ0n) is 11.7. The van der Waals surface area contributed by atoms with Crippen molar-refractivity contribution in [3.63, 3.8) is 0 Å². The second-order valence-electron chi connectivity index (χ2n) is 5.18. The molecule has 1 aliphatic rings. The Morgan fingerprint density at radius 1 is 1.21 bits per heavy atom. The molecule has 1 aliphatic heterocycles. The summed E-state index contributed by atoms with van der Waals surface area (Å²) in [5.74, 6) is -0.0938. The summed E-state index contributed by atoms with van der Waals surface area (Å²) in [5.41, 5.74) is 3.01. The minimum absolute atomic E-state index is 0.00792. The monoisotopic (exact) mass is 260 g/mol. The average Bonchev–Trinajstić information content (AvgIpc) is 2.32. The van der Waals surface area contributed by atoms with E-state index in [2.05, 4.69) is 11.4 Å². The Balaban J connectivity index is 2.31. The Morgan fingerprint density at radius 3 is 2.42 bits per heavy atom. The van der Waals surface area contributed by atoms with Crippen LogP contribution in [0.3, 0.4) is 0 Å². The smallest absolute Gasteiger partial charge is 0.250 e. The molecule has 0 aliphatic carbocycles. The first-order valence-electron chi connectivity index (χ1n) is 6.70. The van der Waals surface area contributed by atoms with E-state index in [4.69, 9.17) is 0 Å². The lowest BCUT2D eigenvalue weighted by Gasteiger charge is -2.32. The molecule has 1 N–H and O–H groups in total. The Morgan fingerprint density at radius 2 is 1.84 bits per heavy atom. The molecule has 1 saturated heterocycles. The zero-order chi connectivity index (χ0) is 14.0. The van der Waals surface area contributed by atoms with Crippen LogP contribution in [0.4, 0.5) is 5.69 Å². The van der Waals surface area contributed by atoms with Crippen LogP contribution in [0, 0.1) is 13.8 Å². The van der Waals surface area contributed by atoms with E-state index < -0.39 is 0 Å². The number of carbonyl (C=O) groups is 2. The van der Waals surface area contributed by atoms with Crippen molar-refractivity contribution in [1.29, 1.82) is 0 Å². The van der Waals surface area contributed by atoms with Gasteiger partial charge in [-0.1, -0.05) is 19.4 Å². The summed E-state index contributed by atoms with van der Waals surface area (Å²) in [6.45, 7) is 6.11. The molecule has 0 bridgehead atoms. The van der Waals surface area contributed by atoms with Gasteiger partial charge in [0, 0.05) is 5.69 Å². The molecule has 0 spiro atoms. The molecule has 0 saturated carbocycles. The number of nitrogens with zero attached hydrogens (tertiary/aromatic N) is 1. The normalized spacial score (nSPS) is 19.5. The first-order chi connectivity index (χ1) is 9.01. The van der Waals surface area contributed by atoms with E-state index >= 15 is 0 Å². The molecule has 19 heavy (non-hydrogen) atoms. The maximum atomic E-state index is 12.4. The van der Waals surface area contributed by atoms with Gasteiger partial charge in [0.2, 0.25) is 11.8 Å². The minimum atomic E-state index is -0.382. The number of carbonyl (C=O) groups excluding carboxylic acids is 2. The third-order valence-corrected chi connectivity index (χ3v) is 3.30. The van der Waals surface area contributed by atoms with E-state index in [1.165, 1.54) is 0 Å². The van der Waals surface area contributed by atoms with Crippen LogP contribution in [0.25, 0.3) is 0 Å². The maximum absolute atomic E-state index is 12.4. The third-order valence-electron chi connectivity index (χ3n) is 3.30. The molecule has 2 amide bonds. The Hall–Kier alpha value is -1.84. The van der Waals surface area contributed by atoms with Gasteiger partial charge < -0.3 is 10.2 Å². The number of aryl methyl sites for hydroxylation is 2. The number of anilines is 1. The van der Waals surface area contributed by atoms with Gasteiger partial charge in [-0.25, -0.2) is 0 Å². The van der Waals surface area contributed by atoms with E-state index in [-0.39, 0.29) is 24.4 Å². The van der Waals surface area contributed by atoms with Gasteiger partial charge in [-0.3, -0.25) is 9.59 Å². The molecule has 1 aromatic carbocycles. The Bertz CT molecular complexity index is 491. The highest BCUT2D eigenvalue weighted by Crippen LogP contribution is 2.21. The molecule has 4 nitrogen and oxygen atoms in total. The molecule has 1 unspecified atom stereocenters. The molecular formula is C15H20N2O2. The fraction of sp³-hybridized carbons (Fsp3) is 0.467. The number of hydrogen-bond donors (Lipinski definition) is 1. The predicted molar refractivity (Wildman–Crippen MR) is 75.1 cm³/mol. The number of amides is 2. The summed E-state index contributed by atoms with van der Waals surface area (Å²) in [7, 11) is 0. The van der Waals surface area contributed by atoms with E-state index in [9.17, 15) is 9.59 Å². The lowest BCUT2D eigenvalue weighted by Crippen LogP contribution is -2.58. The van der Waals surface area contributed by atoms with Crippen molar-refractivity contribution >= 4 is 17.5 Å². The summed E-state index contributed by atoms with van der Waals surface area (Å²) in [5, 5.41) is 2.77. The topological polar surface area (TPSA) is 49.4 Å². The molecule has 1 heterocycles. The third kappa shape index (κ3) is 2.95. The van der Waals surface area contributed by atoms with E-state index in [0.717, 1.165) is 23.2 Å². The van der Waals surface area contributed by atoms with Crippen LogP contribution in [-0.2, 0) is 9.59 Å². The standard InChI is InChI=1S/C15H20N2O2/c1-4-5-13-15(19)17(9-14(18)16-13)12-7-10(2)6-11(3)8-12/h6-8,13H,4-5,9H2,1-3H3,(H,16,18). The number of benzene rings is 1. The molecular weight excluding hydrogens is 240 g/mol. The van der Waals surface area contributed by atoms with Crippen molar-refractivity contribution in [3.8, 4) is 0 Å². The van der Waals surface area contributed by atoms with Gasteiger partial charge in [-0.05, 0) is 43.5 Å². The summed E-state index contributed by atoms with van der Waals surface area (Å²) in [6, 6.07) is 5.58. The summed E-state index contributed by atoms with van der Waals surface area (Å²) < 4.78 is 0. The van der Waals surface area contributed by atoms with Crippen molar-refractivity contribution in [2.45, 2.75) is 39.7 Å². The first kappa shape index (κ1) is 13.6. The Labute approximate surface area is 113 Å². The predicted octanol–water partition coefficient (Wildman–Crippen LogP) is 1.93. The van der Waals surface area contributed by atoms with Crippen LogP contribution in [-0.4, -0.2) is 24.4 Å². The quantitative estimate of drug-likeness (QED) is 0.903. The van der Waals surface area contributed by atoms with Crippen LogP contribution >= 0.6 is 0 Å². The van der Waals surface area contributed by atoms with E-state index in [1.54, 1.807) is 4.90 Å². The van der Waals surface area contributed by atoms with Gasteiger partial charge in [0.25, 0.3) is 0 Å². The van der Waals surface area contributed by atoms with Gasteiger partial charge in [-0.15, -0.1) is 0 Å². The maximum Gasteiger partial charge on any atom is 0.250 e. The average molecular weight is 260 g/mol. The molecule has 2 rings (SSSR count). The molecule has 102 valence electrons. The van der Waals surface area contributed by atoms with Crippen LogP contribution in [0.1, 0.15) is 30.9 Å². The van der Waals surface area contributed by atoms with Crippen LogP contribution in [0.2, 0.25) is 0 Å². The number of piperazine rings is 1. The van der Waals surface area contributed by atoms with Gasteiger partial charge in [0.1, 0.15) is 12.6 Å². The number of rotatable bonds is 3. The van der Waals surface area contributed by atoms with Crippen molar-refractivity contribution in [1.82, 2.24) is 5.32 Å². The van der Waals surface area contributed by atoms with Crippen LogP contribution in [0.5, 0.6) is 0 Å². The fourth-order valence-electron chi connectivity index (χ4n) is 2.52. The molecule has 1 aromatic rings. The summed E-state index contributed by atoms with van der Waals surface area (Å²) >= 11 is 0. The lowest BCUT2D eigenvalue weighted by atomic mass is 10.1. The second-order valence-corrected chi connectivity index (χ2v) is 5.18. The second kappa shape index (κ2) is 5.43. The van der Waals surface area contributed by atoms with Crippen molar-refractivity contribution in [2.75, 3.05) is 11.4 Å². The number of hydrogen-bond acceptors (Lipinski definition) is 2. The zero-order valence-corrected chi connectivity index (χ0v) is 11.7. The van der Waals surface area contributed by atoms with E-state index in [0.29, 0.717) is 6.42 Å². The Kier molecular flexibility index (Phi) is 3.88. The van der Waals surface area contributed by atoms with Gasteiger partial charge in [-0.2, -0.15) is 0 Å². The summed E-state index contributed by atoms with van der Waals surface area (Å²) in [4.78, 5) is 25.7. The minimum Gasteiger partial charge on any atom is -0.343 e. The number of nitrogens with one attached hydrogen (secondary N) is 1. The first-order valence-corrected chi connectivity index (χ1v) is 6.70. The lowest BCUT2D eigenvalue weighted by molar-refractivity contribution is -0.131. The van der Waals surface area contributed by atoms with Crippen LogP contribution < -0.4 is 10.2 Å². The fourth-order valence-corrected chi connectivity index (χ4v) is 2.52. The molecule has 4 heteroatoms. The highest BCUT2D eigenvalue weighted by atomic mass is 16.2. The largest absolute Gasteiger partial charge is 0.343 e. The molecule has 0 aromatic heterocycles. The van der Waals surface area contributed by atoms with Crippen molar-refractivity contribution < 1.29 is 9.59 Å². The van der Waals surface area contributed by atoms with Gasteiger partial charge in [0.15, 0.2) is 0 Å². The van der Waals surface area contributed by atoms with Crippen molar-refractivity contribution in [2.24, 2.45) is 0 Å². The molecule has 1 fully saturated rings. The van der Waals surface area contributed by atoms with Gasteiger partial charge >= 0.3 is 0 Å². The summed E-state index contributed by atoms with van der Waals surface area (Å²) in [6.07, 6.45) is 1.56. The molecule has 1 atom stereocenters. The van der Waals surface area contributed by atoms with Gasteiger partial charge in [0.05, 0.1) is 0 Å². The van der Waals surface area contributed by atoms with Crippen molar-refractivity contribution in [3.05, 3.63) is 29.3 Å². The molecule has 0 radical (unpaired) electrons.